The average Bonchev–Trinajstić information content (AvgIpc) is 2.07. The number of rotatable bonds is 2. The van der Waals surface area contributed by atoms with Crippen LogP contribution in [-0.4, -0.2) is 10.1 Å². The second kappa shape index (κ2) is 4.06. The Hall–Kier alpha value is -0.620. The molecular weight excluding hydrogens is 251 g/mol. The highest BCUT2D eigenvalue weighted by molar-refractivity contribution is 9.10. The highest BCUT2D eigenvalue weighted by Crippen LogP contribution is 2.24. The molecule has 0 amide bonds. The van der Waals surface area contributed by atoms with Gasteiger partial charge in [-0.05, 0) is 22.0 Å². The van der Waals surface area contributed by atoms with Gasteiger partial charge in [0, 0.05) is 5.56 Å². The molecule has 0 bridgehead atoms. The van der Waals surface area contributed by atoms with E-state index in [0.29, 0.717) is 0 Å². The number of pyridine rings is 1. The minimum absolute atomic E-state index is 0.0340. The number of aromatic nitrogens is 1. The van der Waals surface area contributed by atoms with Crippen LogP contribution in [0.1, 0.15) is 17.7 Å². The zero-order valence-corrected chi connectivity index (χ0v) is 7.85. The van der Waals surface area contributed by atoms with Crippen molar-refractivity contribution in [2.24, 2.45) is 0 Å². The zero-order valence-electron chi connectivity index (χ0n) is 6.27. The van der Waals surface area contributed by atoms with E-state index in [0.717, 1.165) is 6.07 Å². The molecule has 13 heavy (non-hydrogen) atoms. The molecule has 0 aliphatic carbocycles. The van der Waals surface area contributed by atoms with Gasteiger partial charge in [0.15, 0.2) is 5.82 Å². The van der Waals surface area contributed by atoms with Gasteiger partial charge in [-0.3, -0.25) is 0 Å². The van der Waals surface area contributed by atoms with Crippen LogP contribution >= 0.6 is 15.9 Å². The Bertz CT molecular complexity index is 319. The second-order valence-corrected chi connectivity index (χ2v) is 3.02. The molecule has 0 aromatic carbocycles. The lowest BCUT2D eigenvalue weighted by molar-refractivity contribution is 0.140. The van der Waals surface area contributed by atoms with Crippen molar-refractivity contribution in [3.8, 4) is 0 Å². The number of halogens is 4. The van der Waals surface area contributed by atoms with E-state index in [2.05, 4.69) is 20.9 Å². The largest absolute Gasteiger partial charge is 0.392 e. The Balaban J connectivity index is 3.20. The van der Waals surface area contributed by atoms with Crippen molar-refractivity contribution >= 4 is 15.9 Å². The van der Waals surface area contributed by atoms with Crippen LogP contribution in [0.4, 0.5) is 13.2 Å². The molecule has 0 radical (unpaired) electrons. The van der Waals surface area contributed by atoms with Crippen LogP contribution in [-0.2, 0) is 6.61 Å². The fourth-order valence-electron chi connectivity index (χ4n) is 0.781. The molecule has 1 rings (SSSR count). The number of aliphatic hydroxyl groups is 1. The molecule has 72 valence electrons. The van der Waals surface area contributed by atoms with E-state index in [1.807, 2.05) is 0 Å². The molecule has 1 N–H and O–H groups in total. The first-order valence-electron chi connectivity index (χ1n) is 3.30. The first kappa shape index (κ1) is 10.5. The normalized spacial score (nSPS) is 10.9. The third-order valence-corrected chi connectivity index (χ3v) is 2.09. The summed E-state index contributed by atoms with van der Waals surface area (Å²) in [6, 6.07) is 0.832. The lowest BCUT2D eigenvalue weighted by Gasteiger charge is -2.04. The number of nitrogens with zero attached hydrogens (tertiary/aromatic N) is 1. The van der Waals surface area contributed by atoms with E-state index in [4.69, 9.17) is 5.11 Å². The van der Waals surface area contributed by atoms with E-state index in [1.165, 1.54) is 0 Å². The minimum Gasteiger partial charge on any atom is -0.392 e. The molecule has 1 heterocycles. The molecule has 6 heteroatoms. The number of hydrogen-bond donors (Lipinski definition) is 1. The van der Waals surface area contributed by atoms with Crippen LogP contribution in [0, 0.1) is 5.82 Å². The smallest absolute Gasteiger partial charge is 0.283 e. The van der Waals surface area contributed by atoms with Gasteiger partial charge in [-0.15, -0.1) is 0 Å². The van der Waals surface area contributed by atoms with Crippen molar-refractivity contribution < 1.29 is 18.3 Å². The first-order valence-corrected chi connectivity index (χ1v) is 4.09. The molecule has 0 saturated carbocycles. The quantitative estimate of drug-likeness (QED) is 0.824. The summed E-state index contributed by atoms with van der Waals surface area (Å²) < 4.78 is 36.9. The summed E-state index contributed by atoms with van der Waals surface area (Å²) >= 11 is 2.84. The molecule has 1 aromatic rings. The predicted molar refractivity (Wildman–Crippen MR) is 42.8 cm³/mol. The van der Waals surface area contributed by atoms with Gasteiger partial charge in [-0.25, -0.2) is 18.2 Å². The van der Waals surface area contributed by atoms with Crippen molar-refractivity contribution in [2.45, 2.75) is 13.0 Å². The van der Waals surface area contributed by atoms with Crippen LogP contribution in [0.25, 0.3) is 0 Å². The summed E-state index contributed by atoms with van der Waals surface area (Å²) in [6.45, 7) is -0.450. The Morgan fingerprint density at radius 1 is 1.54 bits per heavy atom. The van der Waals surface area contributed by atoms with Gasteiger partial charge >= 0.3 is 0 Å². The maximum absolute atomic E-state index is 12.8. The van der Waals surface area contributed by atoms with Crippen molar-refractivity contribution in [2.75, 3.05) is 0 Å². The number of aliphatic hydroxyl groups excluding tert-OH is 1. The highest BCUT2D eigenvalue weighted by Gasteiger charge is 2.17. The molecule has 0 fully saturated rings. The van der Waals surface area contributed by atoms with Crippen LogP contribution in [0.15, 0.2) is 10.7 Å². The van der Waals surface area contributed by atoms with Gasteiger partial charge in [0.05, 0.1) is 6.61 Å². The van der Waals surface area contributed by atoms with Crippen LogP contribution in [0.3, 0.4) is 0 Å². The predicted octanol–water partition coefficient (Wildman–Crippen LogP) is 2.41. The number of hydrogen-bond acceptors (Lipinski definition) is 2. The molecular formula is C7H5BrF3NO. The van der Waals surface area contributed by atoms with E-state index in [9.17, 15) is 13.2 Å². The lowest BCUT2D eigenvalue weighted by Crippen LogP contribution is -2.00. The van der Waals surface area contributed by atoms with E-state index in [-0.39, 0.29) is 10.2 Å². The van der Waals surface area contributed by atoms with Crippen LogP contribution in [0.5, 0.6) is 0 Å². The third-order valence-electron chi connectivity index (χ3n) is 1.41. The summed E-state index contributed by atoms with van der Waals surface area (Å²) in [7, 11) is 0. The maximum atomic E-state index is 12.8. The molecule has 0 aliphatic rings. The van der Waals surface area contributed by atoms with Crippen LogP contribution in [0.2, 0.25) is 0 Å². The zero-order chi connectivity index (χ0) is 10.0. The topological polar surface area (TPSA) is 33.1 Å². The molecule has 2 nitrogen and oxygen atoms in total. The standard InChI is InChI=1S/C7H5BrF3NO/c8-6-3(2-13)1-4(9)5(12-6)7(10)11/h1,7,13H,2H2. The summed E-state index contributed by atoms with van der Waals surface area (Å²) in [5.74, 6) is -1.11. The van der Waals surface area contributed by atoms with E-state index in [1.54, 1.807) is 0 Å². The van der Waals surface area contributed by atoms with Gasteiger partial charge < -0.3 is 5.11 Å². The van der Waals surface area contributed by atoms with Crippen molar-refractivity contribution in [1.82, 2.24) is 4.98 Å². The van der Waals surface area contributed by atoms with Crippen LogP contribution < -0.4 is 0 Å². The Kier molecular flexibility index (Phi) is 3.27. The van der Waals surface area contributed by atoms with E-state index >= 15 is 0 Å². The maximum Gasteiger partial charge on any atom is 0.283 e. The molecule has 0 saturated heterocycles. The molecule has 0 spiro atoms. The summed E-state index contributed by atoms with van der Waals surface area (Å²) in [4.78, 5) is 3.27. The lowest BCUT2D eigenvalue weighted by atomic mass is 10.2. The molecule has 0 unspecified atom stereocenters. The summed E-state index contributed by atoms with van der Waals surface area (Å²) in [6.07, 6.45) is -2.95. The molecule has 0 atom stereocenters. The van der Waals surface area contributed by atoms with Gasteiger partial charge in [-0.1, -0.05) is 0 Å². The summed E-state index contributed by atoms with van der Waals surface area (Å²) in [5.41, 5.74) is -0.772. The third kappa shape index (κ3) is 2.19. The van der Waals surface area contributed by atoms with Gasteiger partial charge in [-0.2, -0.15) is 0 Å². The summed E-state index contributed by atoms with van der Waals surface area (Å²) in [5, 5.41) is 8.65. The van der Waals surface area contributed by atoms with E-state index < -0.39 is 24.5 Å². The fraction of sp³-hybridized carbons (Fsp3) is 0.286. The average molecular weight is 256 g/mol. The van der Waals surface area contributed by atoms with Gasteiger partial charge in [0.25, 0.3) is 6.43 Å². The second-order valence-electron chi connectivity index (χ2n) is 2.26. The van der Waals surface area contributed by atoms with Crippen molar-refractivity contribution in [3.63, 3.8) is 0 Å². The monoisotopic (exact) mass is 255 g/mol. The SMILES string of the molecule is OCc1cc(F)c(C(F)F)nc1Br. The Labute approximate surface area is 80.5 Å². The Morgan fingerprint density at radius 2 is 2.15 bits per heavy atom. The fourth-order valence-corrected chi connectivity index (χ4v) is 1.21. The molecule has 1 aromatic heterocycles. The first-order chi connectivity index (χ1) is 6.06. The van der Waals surface area contributed by atoms with Gasteiger partial charge in [0.2, 0.25) is 0 Å². The van der Waals surface area contributed by atoms with Crippen molar-refractivity contribution in [3.05, 3.63) is 27.7 Å². The highest BCUT2D eigenvalue weighted by atomic mass is 79.9. The molecule has 0 aliphatic heterocycles. The van der Waals surface area contributed by atoms with Gasteiger partial charge in [0.1, 0.15) is 10.3 Å². The van der Waals surface area contributed by atoms with Crippen molar-refractivity contribution in [1.29, 1.82) is 0 Å². The Morgan fingerprint density at radius 3 is 2.62 bits per heavy atom. The number of alkyl halides is 2. The minimum atomic E-state index is -2.95.